The number of fused-ring (bicyclic) bond motifs is 6. The molecule has 2 saturated heterocycles. The number of phenols is 2. The quantitative estimate of drug-likeness (QED) is 0.0143. The summed E-state index contributed by atoms with van der Waals surface area (Å²) in [6, 6.07) is -3.85. The standard InChI is InChI=1S/C75H108N20O19S2/c1-6-39(4)61-74(114)94-58-37-116-115-36-57(72(112)86-49(14-9-10-26-76)64(104)88-53(30-42-18-22-45(99)23-19-42)69(109)91-56(35-97)71(111)92-55(34-96)70(110)85-48(15-11-27-80-75(78)79)63(103)82-33-60(101)95-61)93-67(107)51(28-38(2)3)87-68(108)52(29-41-16-20-44(98)21-17-41)89-65(105)50(24-25-59(77)100)84-62(102)40(5)83-66(106)54(90-73(58)113)31-43-32-81-47-13-8-7-12-46(43)47/h7-8,12-13,16-23,32,38-40,48-58,61,81,96-99H,6,9-11,14-15,24-31,33-37,76H2,1-5H3,(H2,77,100)(H,82,103)(H,83,106)(H,84,102)(H,85,110)(H,86,112)(H,87,108)(H,88,104)(H,89,105)(H,90,113)(H,91,109)(H,92,111)(H,93,107)(H,94,114)(H,95,101)(H4,78,79,80)/t39-,40?,48?,49-,50-,51?,52-,53-,54-,55?,56-,57-,58-,61-/m0/s1. The smallest absolute Gasteiger partial charge is 0.245 e. The molecule has 39 nitrogen and oxygen atoms in total. The third kappa shape index (κ3) is 30.1. The molecule has 2 aliphatic heterocycles. The number of carbonyl (C=O) groups is 15. The Kier molecular flexibility index (Phi) is 37.8. The molecule has 1 aromatic heterocycles. The first-order valence-corrected chi connectivity index (χ1v) is 40.5. The SMILES string of the molecule is CC[C@H](C)[C@@H]1NC(=O)CNC(=O)C(CCCNC(=N)N)NC(=O)C(CO)NC(=O)[C@H](CO)NC(=O)[C@H](Cc2ccc(O)cc2)NC(=O)[C@H](CCCCN)NC(=O)[C@@H]2CSSC[C@H](NC1=O)C(=O)N[C@@H](Cc1c[nH]c3ccccc13)C(=O)NC(C)C(=O)N[C@@H](CCC(N)=O)C(=O)N[C@@H](Cc1ccc(O)cc1)C(=O)NC(CC(C)C)C(=O)N2. The van der Waals surface area contributed by atoms with Crippen molar-refractivity contribution in [3.63, 3.8) is 0 Å². The number of aliphatic hydroxyl groups excluding tert-OH is 2. The summed E-state index contributed by atoms with van der Waals surface area (Å²) in [4.78, 5) is 222. The van der Waals surface area contributed by atoms with Gasteiger partial charge in [-0.1, -0.05) is 98.2 Å². The number of guanidine groups is 1. The minimum atomic E-state index is -1.94. The Hall–Kier alpha value is -11.3. The second kappa shape index (κ2) is 46.9. The first-order valence-electron chi connectivity index (χ1n) is 38.1. The summed E-state index contributed by atoms with van der Waals surface area (Å²) in [5.41, 5.74) is 18.8. The number of carbonyl (C=O) groups excluding carboxylic acids is 15. The first kappa shape index (κ1) is 93.6. The summed E-state index contributed by atoms with van der Waals surface area (Å²) in [5.74, 6) is -18.5. The van der Waals surface area contributed by atoms with Crippen LogP contribution >= 0.6 is 21.6 Å². The molecule has 41 heteroatoms. The highest BCUT2D eigenvalue weighted by molar-refractivity contribution is 8.76. The first-order chi connectivity index (χ1) is 55.2. The lowest BCUT2D eigenvalue weighted by atomic mass is 9.98. The number of hydrogen-bond donors (Lipinski definition) is 24. The second-order valence-corrected chi connectivity index (χ2v) is 31.2. The number of benzene rings is 3. The maximum atomic E-state index is 15.4. The van der Waals surface area contributed by atoms with Crippen molar-refractivity contribution >= 4 is 127 Å². The van der Waals surface area contributed by atoms with Crippen LogP contribution in [0, 0.1) is 17.2 Å². The lowest BCUT2D eigenvalue weighted by Gasteiger charge is -2.29. The van der Waals surface area contributed by atoms with Gasteiger partial charge in [-0.05, 0) is 117 Å². The van der Waals surface area contributed by atoms with Crippen molar-refractivity contribution < 1.29 is 92.3 Å². The van der Waals surface area contributed by atoms with Gasteiger partial charge in [-0.15, -0.1) is 0 Å². The Morgan fingerprint density at radius 3 is 1.47 bits per heavy atom. The number of H-pyrrole nitrogens is 1. The number of rotatable bonds is 23. The highest BCUT2D eigenvalue weighted by Gasteiger charge is 2.39. The molecule has 0 radical (unpaired) electrons. The van der Waals surface area contributed by atoms with E-state index in [2.05, 4.69) is 84.7 Å². The van der Waals surface area contributed by atoms with Gasteiger partial charge in [0.1, 0.15) is 90.0 Å². The summed E-state index contributed by atoms with van der Waals surface area (Å²) >= 11 is 0. The summed E-state index contributed by atoms with van der Waals surface area (Å²) in [6.07, 6.45) is -0.335. The molecule has 2 fully saturated rings. The molecule has 4 unspecified atom stereocenters. The number of aromatic amines is 1. The topological polar surface area (TPSA) is 635 Å². The predicted molar refractivity (Wildman–Crippen MR) is 428 cm³/mol. The number of aromatic nitrogens is 1. The molecule has 6 rings (SSSR count). The van der Waals surface area contributed by atoms with E-state index in [1.54, 1.807) is 58.2 Å². The Bertz CT molecular complexity index is 4100. The van der Waals surface area contributed by atoms with Crippen LogP contribution in [-0.4, -0.2) is 243 Å². The van der Waals surface area contributed by atoms with E-state index in [1.807, 2.05) is 0 Å². The molecule has 0 saturated carbocycles. The highest BCUT2D eigenvalue weighted by atomic mass is 33.1. The van der Waals surface area contributed by atoms with Gasteiger partial charge in [0.05, 0.1) is 19.8 Å². The summed E-state index contributed by atoms with van der Waals surface area (Å²) < 4.78 is 0. The molecular weight excluding hydrogens is 1550 g/mol. The van der Waals surface area contributed by atoms with Gasteiger partial charge in [0.2, 0.25) is 88.6 Å². The summed E-state index contributed by atoms with van der Waals surface area (Å²) in [6.45, 7) is 4.86. The Labute approximate surface area is 677 Å². The maximum Gasteiger partial charge on any atom is 0.245 e. The number of aliphatic hydroxyl groups is 2. The van der Waals surface area contributed by atoms with E-state index in [0.29, 0.717) is 27.6 Å². The van der Waals surface area contributed by atoms with Crippen molar-refractivity contribution in [3.8, 4) is 11.5 Å². The van der Waals surface area contributed by atoms with Crippen LogP contribution in [0.1, 0.15) is 109 Å². The molecule has 634 valence electrons. The van der Waals surface area contributed by atoms with Crippen LogP contribution in [0.3, 0.4) is 0 Å². The molecule has 2 bridgehead atoms. The van der Waals surface area contributed by atoms with Crippen molar-refractivity contribution in [1.82, 2.24) is 84.7 Å². The molecule has 2 aliphatic rings. The van der Waals surface area contributed by atoms with E-state index >= 15 is 24.0 Å². The van der Waals surface area contributed by atoms with E-state index in [9.17, 15) is 68.4 Å². The lowest BCUT2D eigenvalue weighted by molar-refractivity contribution is -0.136. The average molecular weight is 1660 g/mol. The molecule has 0 aliphatic carbocycles. The van der Waals surface area contributed by atoms with Crippen molar-refractivity contribution in [2.75, 3.05) is 44.4 Å². The van der Waals surface area contributed by atoms with Gasteiger partial charge in [0, 0.05) is 60.8 Å². The lowest BCUT2D eigenvalue weighted by Crippen LogP contribution is -2.62. The fraction of sp³-hybridized carbons (Fsp3) is 0.520. The van der Waals surface area contributed by atoms with E-state index in [-0.39, 0.29) is 82.4 Å². The molecule has 0 spiro atoms. The monoisotopic (exact) mass is 1660 g/mol. The van der Waals surface area contributed by atoms with E-state index in [1.165, 1.54) is 55.5 Å². The third-order valence-corrected chi connectivity index (χ3v) is 21.5. The molecule has 27 N–H and O–H groups in total. The van der Waals surface area contributed by atoms with Gasteiger partial charge in [0.15, 0.2) is 5.96 Å². The molecule has 15 amide bonds. The fourth-order valence-electron chi connectivity index (χ4n) is 12.3. The molecule has 14 atom stereocenters. The van der Waals surface area contributed by atoms with Gasteiger partial charge in [-0.3, -0.25) is 77.3 Å². The average Bonchev–Trinajstić information content (AvgIpc) is 1.63. The van der Waals surface area contributed by atoms with Gasteiger partial charge in [0.25, 0.3) is 0 Å². The number of nitrogens with two attached hydrogens (primary N) is 3. The molecular formula is C75H108N20O19S2. The van der Waals surface area contributed by atoms with Crippen molar-refractivity contribution in [3.05, 3.63) is 95.7 Å². The Morgan fingerprint density at radius 1 is 0.509 bits per heavy atom. The molecule has 4 aromatic rings. The fourth-order valence-corrected chi connectivity index (χ4v) is 14.6. The number of aromatic hydroxyl groups is 2. The van der Waals surface area contributed by atoms with Crippen LogP contribution in [0.4, 0.5) is 0 Å². The minimum absolute atomic E-state index is 0.0146. The zero-order valence-electron chi connectivity index (χ0n) is 65.1. The van der Waals surface area contributed by atoms with Crippen LogP contribution in [0.25, 0.3) is 10.9 Å². The van der Waals surface area contributed by atoms with Crippen molar-refractivity contribution in [2.45, 2.75) is 190 Å². The van der Waals surface area contributed by atoms with Gasteiger partial charge < -0.3 is 122 Å². The third-order valence-electron chi connectivity index (χ3n) is 19.0. The van der Waals surface area contributed by atoms with Crippen LogP contribution < -0.4 is 97.0 Å². The maximum absolute atomic E-state index is 15.4. The number of phenolic OH excluding ortho intramolecular Hbond substituents is 2. The number of primary amides is 1. The van der Waals surface area contributed by atoms with E-state index in [0.717, 1.165) is 21.6 Å². The number of para-hydroxylation sites is 1. The van der Waals surface area contributed by atoms with Crippen LogP contribution in [0.5, 0.6) is 11.5 Å². The highest BCUT2D eigenvalue weighted by Crippen LogP contribution is 2.26. The zero-order valence-corrected chi connectivity index (χ0v) is 66.7. The van der Waals surface area contributed by atoms with E-state index < -0.39 is 235 Å². The van der Waals surface area contributed by atoms with Crippen LogP contribution in [0.15, 0.2) is 79.0 Å². The molecule has 116 heavy (non-hydrogen) atoms. The summed E-state index contributed by atoms with van der Waals surface area (Å²) in [5, 5.41) is 88.2. The summed E-state index contributed by atoms with van der Waals surface area (Å²) in [7, 11) is 1.70. The second-order valence-electron chi connectivity index (χ2n) is 28.7. The number of amides is 15. The van der Waals surface area contributed by atoms with E-state index in [4.69, 9.17) is 22.6 Å². The van der Waals surface area contributed by atoms with Crippen molar-refractivity contribution in [2.24, 2.45) is 29.0 Å². The van der Waals surface area contributed by atoms with Crippen molar-refractivity contribution in [1.29, 1.82) is 5.41 Å². The van der Waals surface area contributed by atoms with Gasteiger partial charge in [-0.25, -0.2) is 0 Å². The Balaban J connectivity index is 1.55. The predicted octanol–water partition coefficient (Wildman–Crippen LogP) is -4.81. The van der Waals surface area contributed by atoms with Crippen LogP contribution in [-0.2, 0) is 91.2 Å². The molecule has 3 heterocycles. The minimum Gasteiger partial charge on any atom is -0.508 e. The normalized spacial score (nSPS) is 24.8. The van der Waals surface area contributed by atoms with Gasteiger partial charge >= 0.3 is 0 Å². The molecule has 3 aromatic carbocycles. The number of unbranched alkanes of at least 4 members (excludes halogenated alkanes) is 1. The van der Waals surface area contributed by atoms with Gasteiger partial charge in [-0.2, -0.15) is 0 Å². The zero-order chi connectivity index (χ0) is 85.3. The van der Waals surface area contributed by atoms with Crippen LogP contribution in [0.2, 0.25) is 0 Å². The number of hydrogen-bond acceptors (Lipinski definition) is 23. The number of nitrogens with one attached hydrogen (secondary N) is 17. The largest absolute Gasteiger partial charge is 0.508 e. The Morgan fingerprint density at radius 2 is 0.948 bits per heavy atom.